The molecule has 0 saturated heterocycles. The second-order valence-electron chi connectivity index (χ2n) is 1.23. The molecule has 0 heterocycles. The van der Waals surface area contributed by atoms with Gasteiger partial charge in [0.25, 0.3) is 0 Å². The minimum Gasteiger partial charge on any atom is -0.550 e. The number of hydrogen-bond donors (Lipinski definition) is 0. The van der Waals surface area contributed by atoms with Crippen LogP contribution in [-0.2, 0) is 32.7 Å². The summed E-state index contributed by atoms with van der Waals surface area (Å²) in [6.07, 6.45) is 3.28. The van der Waals surface area contributed by atoms with Crippen molar-refractivity contribution in [3.05, 3.63) is 0 Å². The standard InChI is InChI=1S/C2H4O2.C2H6OS.Cu/c1-2(3)4;1-4(2)3;/h1H3,(H,3,4);1-2H3;/q;;+1/p-1. The average molecular weight is 201 g/mol. The fraction of sp³-hybridized carbons (Fsp3) is 0.750. The molecule has 0 amide bonds. The van der Waals surface area contributed by atoms with Crippen molar-refractivity contribution < 1.29 is 31.2 Å². The van der Waals surface area contributed by atoms with Crippen LogP contribution in [0.3, 0.4) is 0 Å². The first-order chi connectivity index (χ1) is 3.46. The van der Waals surface area contributed by atoms with Gasteiger partial charge in [-0.15, -0.1) is 0 Å². The number of rotatable bonds is 0. The maximum atomic E-state index is 9.56. The maximum absolute atomic E-state index is 9.56. The van der Waals surface area contributed by atoms with Crippen LogP contribution >= 0.6 is 0 Å². The first kappa shape index (κ1) is 16.1. The molecule has 0 bridgehead atoms. The first-order valence-corrected chi connectivity index (χ1v) is 3.86. The molecular weight excluding hydrogens is 192 g/mol. The van der Waals surface area contributed by atoms with Gasteiger partial charge in [-0.3, -0.25) is 4.21 Å². The summed E-state index contributed by atoms with van der Waals surface area (Å²) in [5.74, 6) is -1.08. The van der Waals surface area contributed by atoms with Crippen LogP contribution in [0, 0.1) is 0 Å². The van der Waals surface area contributed by atoms with E-state index in [2.05, 4.69) is 0 Å². The maximum Gasteiger partial charge on any atom is 1.00 e. The van der Waals surface area contributed by atoms with E-state index in [9.17, 15) is 4.21 Å². The van der Waals surface area contributed by atoms with Crippen molar-refractivity contribution in [3.63, 3.8) is 0 Å². The number of carbonyl (C=O) groups excluding carboxylic acids is 1. The van der Waals surface area contributed by atoms with Crippen molar-refractivity contribution in [3.8, 4) is 0 Å². The SMILES string of the molecule is CC(=O)[O-].CS(C)=O.[Cu+]. The summed E-state index contributed by atoms with van der Waals surface area (Å²) >= 11 is 0. The van der Waals surface area contributed by atoms with Crippen LogP contribution < -0.4 is 5.11 Å². The summed E-state index contributed by atoms with van der Waals surface area (Å²) < 4.78 is 9.56. The Morgan fingerprint density at radius 3 is 1.44 bits per heavy atom. The van der Waals surface area contributed by atoms with Crippen molar-refractivity contribution in [2.24, 2.45) is 0 Å². The molecule has 0 radical (unpaired) electrons. The fourth-order valence-electron chi connectivity index (χ4n) is 0. The molecule has 0 atom stereocenters. The Morgan fingerprint density at radius 2 is 1.44 bits per heavy atom. The van der Waals surface area contributed by atoms with E-state index in [4.69, 9.17) is 9.90 Å². The molecule has 0 aromatic rings. The molecule has 0 unspecified atom stereocenters. The molecule has 0 rings (SSSR count). The van der Waals surface area contributed by atoms with Gasteiger partial charge in [-0.1, -0.05) is 0 Å². The molecule has 0 aromatic heterocycles. The number of carboxylic acids is 1. The molecule has 3 nitrogen and oxygen atoms in total. The Kier molecular flexibility index (Phi) is 19.6. The molecule has 0 saturated carbocycles. The van der Waals surface area contributed by atoms with E-state index in [1.165, 1.54) is 0 Å². The van der Waals surface area contributed by atoms with Gasteiger partial charge in [-0.05, 0) is 6.92 Å². The third-order valence-electron chi connectivity index (χ3n) is 0. The van der Waals surface area contributed by atoms with E-state index in [0.717, 1.165) is 6.92 Å². The number of aliphatic carboxylic acids is 1. The fourth-order valence-corrected chi connectivity index (χ4v) is 0. The predicted octanol–water partition coefficient (Wildman–Crippen LogP) is -1.25. The smallest absolute Gasteiger partial charge is 0.550 e. The Morgan fingerprint density at radius 1 is 1.44 bits per heavy atom. The van der Waals surface area contributed by atoms with Gasteiger partial charge in [0.2, 0.25) is 0 Å². The zero-order valence-electron chi connectivity index (χ0n) is 5.43. The summed E-state index contributed by atoms with van der Waals surface area (Å²) in [7, 11) is -0.611. The van der Waals surface area contributed by atoms with Crippen LogP contribution in [0.15, 0.2) is 0 Å². The van der Waals surface area contributed by atoms with Crippen LogP contribution in [-0.4, -0.2) is 22.7 Å². The second kappa shape index (κ2) is 11.0. The third-order valence-corrected chi connectivity index (χ3v) is 0. The summed E-state index contributed by atoms with van der Waals surface area (Å²) in [5.41, 5.74) is 0. The van der Waals surface area contributed by atoms with E-state index in [1.807, 2.05) is 0 Å². The van der Waals surface area contributed by atoms with Gasteiger partial charge < -0.3 is 9.90 Å². The van der Waals surface area contributed by atoms with Crippen LogP contribution in [0.25, 0.3) is 0 Å². The summed E-state index contributed by atoms with van der Waals surface area (Å²) in [6.45, 7) is 0.972. The molecule has 0 aliphatic heterocycles. The molecule has 0 N–H and O–H groups in total. The largest absolute Gasteiger partial charge is 1.00 e. The third kappa shape index (κ3) is 15800. The molecule has 0 aliphatic rings. The van der Waals surface area contributed by atoms with E-state index in [-0.39, 0.29) is 17.1 Å². The van der Waals surface area contributed by atoms with Crippen molar-refractivity contribution in [2.75, 3.05) is 12.5 Å². The summed E-state index contributed by atoms with van der Waals surface area (Å²) in [4.78, 5) is 8.89. The first-order valence-electron chi connectivity index (χ1n) is 1.89. The van der Waals surface area contributed by atoms with Gasteiger partial charge in [0.05, 0.1) is 0 Å². The number of carboxylic acid groups (broad SMARTS) is 1. The van der Waals surface area contributed by atoms with E-state index >= 15 is 0 Å². The Bertz CT molecular complexity index is 73.8. The normalized spacial score (nSPS) is 6.67. The van der Waals surface area contributed by atoms with E-state index < -0.39 is 16.8 Å². The van der Waals surface area contributed by atoms with Crippen molar-refractivity contribution in [1.29, 1.82) is 0 Å². The van der Waals surface area contributed by atoms with E-state index in [0.29, 0.717) is 0 Å². The Hall–Kier alpha value is 0.139. The molecule has 0 fully saturated rings. The summed E-state index contributed by atoms with van der Waals surface area (Å²) in [6, 6.07) is 0. The molecule has 9 heavy (non-hydrogen) atoms. The van der Waals surface area contributed by atoms with Gasteiger partial charge in [-0.25, -0.2) is 0 Å². The second-order valence-corrected chi connectivity index (χ2v) is 2.72. The molecule has 5 heteroatoms. The minimum atomic E-state index is -1.08. The quantitative estimate of drug-likeness (QED) is 0.459. The predicted molar refractivity (Wildman–Crippen MR) is 30.7 cm³/mol. The van der Waals surface area contributed by atoms with Crippen molar-refractivity contribution in [2.45, 2.75) is 6.92 Å². The topological polar surface area (TPSA) is 57.2 Å². The van der Waals surface area contributed by atoms with Gasteiger partial charge in [0.15, 0.2) is 0 Å². The van der Waals surface area contributed by atoms with Gasteiger partial charge in [-0.2, -0.15) is 0 Å². The van der Waals surface area contributed by atoms with Gasteiger partial charge >= 0.3 is 17.1 Å². The monoisotopic (exact) mass is 200 g/mol. The number of hydrogen-bond acceptors (Lipinski definition) is 3. The van der Waals surface area contributed by atoms with Crippen LogP contribution in [0.2, 0.25) is 0 Å². The molecule has 0 aromatic carbocycles. The van der Waals surface area contributed by atoms with Crippen LogP contribution in [0.1, 0.15) is 6.92 Å². The zero-order chi connectivity index (χ0) is 7.15. The summed E-state index contributed by atoms with van der Waals surface area (Å²) in [5, 5.41) is 8.89. The van der Waals surface area contributed by atoms with Crippen molar-refractivity contribution in [1.82, 2.24) is 0 Å². The minimum absolute atomic E-state index is 0. The van der Waals surface area contributed by atoms with Gasteiger partial charge in [0.1, 0.15) is 0 Å². The molecule has 60 valence electrons. The van der Waals surface area contributed by atoms with Crippen LogP contribution in [0.4, 0.5) is 0 Å². The molecule has 0 spiro atoms. The Labute approximate surface area is 67.8 Å². The van der Waals surface area contributed by atoms with Crippen LogP contribution in [0.5, 0.6) is 0 Å². The Balaban J connectivity index is -0.0000000720. The molecular formula is C4H9CuO3S. The molecule has 0 aliphatic carbocycles. The zero-order valence-corrected chi connectivity index (χ0v) is 7.19. The van der Waals surface area contributed by atoms with Crippen molar-refractivity contribution >= 4 is 16.8 Å². The van der Waals surface area contributed by atoms with E-state index in [1.54, 1.807) is 12.5 Å². The average Bonchev–Trinajstić information content (AvgIpc) is 1.25. The van der Waals surface area contributed by atoms with Gasteiger partial charge in [0, 0.05) is 29.3 Å². The number of carbonyl (C=O) groups is 1.